The zero-order chi connectivity index (χ0) is 15.7. The van der Waals surface area contributed by atoms with Crippen LogP contribution in [0.15, 0.2) is 36.5 Å². The smallest absolute Gasteiger partial charge is 0.270 e. The molecule has 0 bridgehead atoms. The van der Waals surface area contributed by atoms with Crippen molar-refractivity contribution in [3.8, 4) is 0 Å². The van der Waals surface area contributed by atoms with Crippen molar-refractivity contribution < 1.29 is 9.59 Å². The summed E-state index contributed by atoms with van der Waals surface area (Å²) in [5.41, 5.74) is 3.66. The molecule has 1 unspecified atom stereocenters. The molecule has 2 aromatic rings. The van der Waals surface area contributed by atoms with E-state index in [1.54, 1.807) is 12.3 Å². The Balaban J connectivity index is 1.73. The lowest BCUT2D eigenvalue weighted by atomic mass is 9.94. The van der Waals surface area contributed by atoms with Gasteiger partial charge in [0.25, 0.3) is 5.91 Å². The number of H-pyrrole nitrogens is 1. The number of carbonyl (C=O) groups excluding carboxylic acids is 2. The predicted molar refractivity (Wildman–Crippen MR) is 85.2 cm³/mol. The number of carbonyl (C=O) groups is 2. The molecule has 0 saturated carbocycles. The van der Waals surface area contributed by atoms with E-state index in [4.69, 9.17) is 0 Å². The molecule has 1 saturated heterocycles. The summed E-state index contributed by atoms with van der Waals surface area (Å²) in [6.45, 7) is 5.11. The summed E-state index contributed by atoms with van der Waals surface area (Å²) in [6, 6.07) is 10.0. The topological polar surface area (TPSA) is 53.2 Å². The minimum Gasteiger partial charge on any atom is -0.356 e. The maximum Gasteiger partial charge on any atom is 0.270 e. The fraction of sp³-hybridized carbons (Fsp3) is 0.333. The Morgan fingerprint density at radius 2 is 2.05 bits per heavy atom. The summed E-state index contributed by atoms with van der Waals surface area (Å²) in [6.07, 6.45) is 2.58. The number of hydrogen-bond donors (Lipinski definition) is 1. The molecule has 1 fully saturated rings. The molecule has 3 rings (SSSR count). The highest BCUT2D eigenvalue weighted by molar-refractivity contribution is 5.99. The second-order valence-electron chi connectivity index (χ2n) is 5.95. The second kappa shape index (κ2) is 5.79. The first kappa shape index (κ1) is 14.6. The number of ketones is 1. The number of aromatic amines is 1. The van der Waals surface area contributed by atoms with Crippen LogP contribution < -0.4 is 0 Å². The Morgan fingerprint density at radius 1 is 1.27 bits per heavy atom. The van der Waals surface area contributed by atoms with Crippen LogP contribution in [0.3, 0.4) is 0 Å². The number of nitrogens with zero attached hydrogens (tertiary/aromatic N) is 1. The lowest BCUT2D eigenvalue weighted by Gasteiger charge is -2.17. The van der Waals surface area contributed by atoms with Gasteiger partial charge in [0, 0.05) is 30.8 Å². The van der Waals surface area contributed by atoms with Crippen LogP contribution in [-0.4, -0.2) is 34.7 Å². The predicted octanol–water partition coefficient (Wildman–Crippen LogP) is 3.16. The molecule has 4 nitrogen and oxygen atoms in total. The molecule has 2 heterocycles. The molecule has 114 valence electrons. The van der Waals surface area contributed by atoms with Crippen LogP contribution in [0.5, 0.6) is 0 Å². The van der Waals surface area contributed by atoms with Crippen LogP contribution in [0.25, 0.3) is 0 Å². The number of likely N-dealkylation sites (tertiary alicyclic amines) is 1. The van der Waals surface area contributed by atoms with Gasteiger partial charge in [0.05, 0.1) is 0 Å². The van der Waals surface area contributed by atoms with Gasteiger partial charge in [-0.15, -0.1) is 0 Å². The lowest BCUT2D eigenvalue weighted by molar-refractivity contribution is 0.0785. The molecule has 1 atom stereocenters. The van der Waals surface area contributed by atoms with Crippen LogP contribution in [0.2, 0.25) is 0 Å². The van der Waals surface area contributed by atoms with E-state index in [1.807, 2.05) is 11.0 Å². The van der Waals surface area contributed by atoms with Crippen molar-refractivity contribution in [1.82, 2.24) is 9.88 Å². The van der Waals surface area contributed by atoms with E-state index in [0.29, 0.717) is 17.2 Å². The van der Waals surface area contributed by atoms with Crippen LogP contribution in [0.4, 0.5) is 0 Å². The van der Waals surface area contributed by atoms with Crippen LogP contribution in [0, 0.1) is 6.92 Å². The minimum absolute atomic E-state index is 0.0245. The number of Topliss-reactive ketones (excluding diaryl/α,β-unsaturated/α-hetero) is 1. The number of rotatable bonds is 3. The monoisotopic (exact) mass is 296 g/mol. The summed E-state index contributed by atoms with van der Waals surface area (Å²) < 4.78 is 0. The summed E-state index contributed by atoms with van der Waals surface area (Å²) >= 11 is 0. The third-order valence-corrected chi connectivity index (χ3v) is 4.42. The molecular formula is C18H20N2O2. The van der Waals surface area contributed by atoms with E-state index in [-0.39, 0.29) is 11.7 Å². The van der Waals surface area contributed by atoms with Crippen LogP contribution >= 0.6 is 0 Å². The van der Waals surface area contributed by atoms with E-state index in [2.05, 4.69) is 30.1 Å². The van der Waals surface area contributed by atoms with Crippen molar-refractivity contribution in [2.45, 2.75) is 26.2 Å². The number of hydrogen-bond acceptors (Lipinski definition) is 2. The lowest BCUT2D eigenvalue weighted by Crippen LogP contribution is -2.28. The van der Waals surface area contributed by atoms with Gasteiger partial charge in [-0.25, -0.2) is 0 Å². The van der Waals surface area contributed by atoms with Gasteiger partial charge in [-0.2, -0.15) is 0 Å². The van der Waals surface area contributed by atoms with Gasteiger partial charge >= 0.3 is 0 Å². The zero-order valence-electron chi connectivity index (χ0n) is 12.9. The molecule has 0 spiro atoms. The van der Waals surface area contributed by atoms with Gasteiger partial charge in [-0.05, 0) is 37.5 Å². The number of aromatic nitrogens is 1. The zero-order valence-corrected chi connectivity index (χ0v) is 12.9. The molecule has 0 radical (unpaired) electrons. The van der Waals surface area contributed by atoms with E-state index in [0.717, 1.165) is 19.5 Å². The SMILES string of the molecule is CC(=O)c1c[nH]c(C(=O)N2CCC(c3ccccc3C)C2)c1. The van der Waals surface area contributed by atoms with Gasteiger partial charge in [0.1, 0.15) is 5.69 Å². The molecule has 4 heteroatoms. The van der Waals surface area contributed by atoms with Crippen molar-refractivity contribution in [3.05, 3.63) is 58.9 Å². The standard InChI is InChI=1S/C18H20N2O2/c1-12-5-3-4-6-16(12)14-7-8-20(11-14)18(22)17-9-15(10-19-17)13(2)21/h3-6,9-10,14,19H,7-8,11H2,1-2H3. The molecule has 1 N–H and O–H groups in total. The van der Waals surface area contributed by atoms with Gasteiger partial charge < -0.3 is 9.88 Å². The van der Waals surface area contributed by atoms with Gasteiger partial charge in [0.15, 0.2) is 5.78 Å². The highest BCUT2D eigenvalue weighted by Crippen LogP contribution is 2.30. The Morgan fingerprint density at radius 3 is 2.73 bits per heavy atom. The molecular weight excluding hydrogens is 276 g/mol. The van der Waals surface area contributed by atoms with Crippen molar-refractivity contribution in [3.63, 3.8) is 0 Å². The third-order valence-electron chi connectivity index (χ3n) is 4.42. The summed E-state index contributed by atoms with van der Waals surface area (Å²) in [4.78, 5) is 28.6. The van der Waals surface area contributed by atoms with Crippen molar-refractivity contribution >= 4 is 11.7 Å². The number of nitrogens with one attached hydrogen (secondary N) is 1. The maximum absolute atomic E-state index is 12.5. The van der Waals surface area contributed by atoms with E-state index in [9.17, 15) is 9.59 Å². The first-order chi connectivity index (χ1) is 10.6. The first-order valence-electron chi connectivity index (χ1n) is 7.60. The summed E-state index contributed by atoms with van der Waals surface area (Å²) in [5.74, 6) is 0.338. The van der Waals surface area contributed by atoms with Crippen molar-refractivity contribution in [1.29, 1.82) is 0 Å². The highest BCUT2D eigenvalue weighted by Gasteiger charge is 2.29. The van der Waals surface area contributed by atoms with E-state index in [1.165, 1.54) is 18.1 Å². The normalized spacial score (nSPS) is 17.7. The first-order valence-corrected chi connectivity index (χ1v) is 7.60. The van der Waals surface area contributed by atoms with E-state index >= 15 is 0 Å². The largest absolute Gasteiger partial charge is 0.356 e. The average molecular weight is 296 g/mol. The molecule has 22 heavy (non-hydrogen) atoms. The number of amides is 1. The average Bonchev–Trinajstić information content (AvgIpc) is 3.17. The number of aryl methyl sites for hydroxylation is 1. The third kappa shape index (κ3) is 2.69. The minimum atomic E-state index is -0.0329. The maximum atomic E-state index is 12.5. The van der Waals surface area contributed by atoms with Gasteiger partial charge in [0.2, 0.25) is 0 Å². The molecule has 1 aromatic carbocycles. The summed E-state index contributed by atoms with van der Waals surface area (Å²) in [5, 5.41) is 0. The van der Waals surface area contributed by atoms with E-state index < -0.39 is 0 Å². The molecule has 1 aliphatic heterocycles. The highest BCUT2D eigenvalue weighted by atomic mass is 16.2. The van der Waals surface area contributed by atoms with Gasteiger partial charge in [-0.3, -0.25) is 9.59 Å². The Labute approximate surface area is 130 Å². The second-order valence-corrected chi connectivity index (χ2v) is 5.95. The quantitative estimate of drug-likeness (QED) is 0.885. The van der Waals surface area contributed by atoms with Crippen LogP contribution in [0.1, 0.15) is 51.2 Å². The molecule has 1 amide bonds. The van der Waals surface area contributed by atoms with Crippen LogP contribution in [-0.2, 0) is 0 Å². The fourth-order valence-electron chi connectivity index (χ4n) is 3.13. The van der Waals surface area contributed by atoms with Crippen molar-refractivity contribution in [2.75, 3.05) is 13.1 Å². The molecule has 1 aromatic heterocycles. The molecule has 1 aliphatic rings. The van der Waals surface area contributed by atoms with Crippen molar-refractivity contribution in [2.24, 2.45) is 0 Å². The van der Waals surface area contributed by atoms with Gasteiger partial charge in [-0.1, -0.05) is 24.3 Å². The Hall–Kier alpha value is -2.36. The Kier molecular flexibility index (Phi) is 3.84. The fourth-order valence-corrected chi connectivity index (χ4v) is 3.13. The number of benzene rings is 1. The summed E-state index contributed by atoms with van der Waals surface area (Å²) in [7, 11) is 0. The molecule has 0 aliphatic carbocycles. The Bertz CT molecular complexity index is 717.